The van der Waals surface area contributed by atoms with Gasteiger partial charge in [0.25, 0.3) is 0 Å². The van der Waals surface area contributed by atoms with Gasteiger partial charge in [-0.15, -0.1) is 0 Å². The summed E-state index contributed by atoms with van der Waals surface area (Å²) in [6.07, 6.45) is 5.42. The molecule has 0 amide bonds. The summed E-state index contributed by atoms with van der Waals surface area (Å²) in [5.74, 6) is 0.439. The molecular weight excluding hydrogens is 495 g/mol. The molecule has 0 bridgehead atoms. The molecule has 9 nitrogen and oxygen atoms in total. The first kappa shape index (κ1) is 24.6. The van der Waals surface area contributed by atoms with Gasteiger partial charge in [-0.3, -0.25) is 4.40 Å². The molecule has 3 aromatic heterocycles. The number of oxazole rings is 1. The van der Waals surface area contributed by atoms with Crippen molar-refractivity contribution in [1.82, 2.24) is 24.1 Å². The summed E-state index contributed by atoms with van der Waals surface area (Å²) in [5.41, 5.74) is 4.57. The van der Waals surface area contributed by atoms with Crippen molar-refractivity contribution in [1.29, 1.82) is 0 Å². The zero-order valence-corrected chi connectivity index (χ0v) is 21.1. The minimum Gasteiger partial charge on any atom is -0.432 e. The first-order valence-electron chi connectivity index (χ1n) is 11.7. The molecule has 0 atom stereocenters. The third-order valence-corrected chi connectivity index (χ3v) is 7.45. The molecule has 3 heterocycles. The Balaban J connectivity index is 1.27. The number of benzene rings is 2. The summed E-state index contributed by atoms with van der Waals surface area (Å²) >= 11 is 0. The second kappa shape index (κ2) is 10.1. The highest BCUT2D eigenvalue weighted by molar-refractivity contribution is 7.89. The number of sulfonamides is 1. The summed E-state index contributed by atoms with van der Waals surface area (Å²) in [6, 6.07) is 12.9. The van der Waals surface area contributed by atoms with E-state index < -0.39 is 10.0 Å². The van der Waals surface area contributed by atoms with Crippen LogP contribution < -0.4 is 10.0 Å². The summed E-state index contributed by atoms with van der Waals surface area (Å²) < 4.78 is 48.5. The van der Waals surface area contributed by atoms with Crippen LogP contribution in [0.1, 0.15) is 17.5 Å². The van der Waals surface area contributed by atoms with E-state index in [0.717, 1.165) is 16.7 Å². The van der Waals surface area contributed by atoms with Crippen molar-refractivity contribution in [2.45, 2.75) is 25.2 Å². The fraction of sp³-hybridized carbons (Fsp3) is 0.192. The lowest BCUT2D eigenvalue weighted by Gasteiger charge is -2.10. The Kier molecular flexibility index (Phi) is 6.72. The fourth-order valence-electron chi connectivity index (χ4n) is 3.87. The van der Waals surface area contributed by atoms with Crippen LogP contribution in [0.2, 0.25) is 0 Å². The van der Waals surface area contributed by atoms with Crippen molar-refractivity contribution in [3.63, 3.8) is 0 Å². The number of aromatic nitrogens is 4. The number of hydrogen-bond acceptors (Lipinski definition) is 7. The molecule has 0 saturated heterocycles. The van der Waals surface area contributed by atoms with Crippen molar-refractivity contribution in [2.24, 2.45) is 0 Å². The Labute approximate surface area is 213 Å². The van der Waals surface area contributed by atoms with E-state index in [1.165, 1.54) is 18.4 Å². The number of nitrogens with one attached hydrogen (secondary N) is 2. The Hall–Kier alpha value is -4.09. The topological polar surface area (TPSA) is 114 Å². The molecule has 0 radical (unpaired) electrons. The van der Waals surface area contributed by atoms with Gasteiger partial charge in [0.15, 0.2) is 0 Å². The van der Waals surface area contributed by atoms with Gasteiger partial charge in [0, 0.05) is 31.0 Å². The number of anilines is 1. The van der Waals surface area contributed by atoms with Crippen molar-refractivity contribution >= 4 is 21.8 Å². The van der Waals surface area contributed by atoms with Crippen molar-refractivity contribution < 1.29 is 17.2 Å². The van der Waals surface area contributed by atoms with E-state index in [1.54, 1.807) is 53.2 Å². The van der Waals surface area contributed by atoms with Crippen molar-refractivity contribution in [2.75, 3.05) is 18.4 Å². The van der Waals surface area contributed by atoms with Gasteiger partial charge in [0.1, 0.15) is 23.5 Å². The molecule has 0 spiro atoms. The summed E-state index contributed by atoms with van der Waals surface area (Å²) in [4.78, 5) is 13.7. The third kappa shape index (κ3) is 5.23. The van der Waals surface area contributed by atoms with Gasteiger partial charge in [-0.25, -0.2) is 27.5 Å². The summed E-state index contributed by atoms with van der Waals surface area (Å²) in [7, 11) is -3.58. The van der Waals surface area contributed by atoms with Gasteiger partial charge in [-0.05, 0) is 73.9 Å². The maximum atomic E-state index is 13.5. The molecule has 0 fully saturated rings. The zero-order valence-electron chi connectivity index (χ0n) is 20.3. The van der Waals surface area contributed by atoms with E-state index in [2.05, 4.69) is 25.0 Å². The molecule has 2 N–H and O–H groups in total. The number of halogens is 1. The second-order valence-electron chi connectivity index (χ2n) is 8.56. The van der Waals surface area contributed by atoms with E-state index >= 15 is 0 Å². The number of imidazole rings is 1. The summed E-state index contributed by atoms with van der Waals surface area (Å²) in [5, 5.41) is 3.14. The number of nitrogens with zero attached hydrogens (tertiary/aromatic N) is 4. The van der Waals surface area contributed by atoms with E-state index in [9.17, 15) is 12.8 Å². The lowest BCUT2D eigenvalue weighted by molar-refractivity contribution is 0.580. The molecule has 190 valence electrons. The molecule has 5 rings (SSSR count). The average molecular weight is 521 g/mol. The van der Waals surface area contributed by atoms with Crippen LogP contribution in [0.4, 0.5) is 10.3 Å². The number of hydrogen-bond donors (Lipinski definition) is 2. The Morgan fingerprint density at radius 1 is 1.00 bits per heavy atom. The van der Waals surface area contributed by atoms with Crippen molar-refractivity contribution in [3.05, 3.63) is 84.1 Å². The molecule has 0 aliphatic heterocycles. The molecule has 0 aliphatic rings. The number of aryl methyl sites for hydroxylation is 2. The predicted molar refractivity (Wildman–Crippen MR) is 138 cm³/mol. The molecule has 0 unspecified atom stereocenters. The largest absolute Gasteiger partial charge is 0.432 e. The van der Waals surface area contributed by atoms with Crippen LogP contribution in [0.3, 0.4) is 0 Å². The average Bonchev–Trinajstić information content (AvgIpc) is 3.47. The lowest BCUT2D eigenvalue weighted by Crippen LogP contribution is -2.26. The summed E-state index contributed by atoms with van der Waals surface area (Å²) in [6.45, 7) is 4.54. The lowest BCUT2D eigenvalue weighted by atomic mass is 10.1. The van der Waals surface area contributed by atoms with Crippen molar-refractivity contribution in [3.8, 4) is 22.6 Å². The minimum atomic E-state index is -3.58. The standard InChI is InChI=1S/C26H25FN6O3S/c1-17-4-9-21(16-18(17)2)37(34,35)30-12-3-11-28-25-29-13-10-22(31-25)24-23(19-5-7-20(27)8-6-19)32-26-33(24)14-15-36-26/h4-10,13-16,30H,3,11-12H2,1-2H3,(H,28,29,31). The smallest absolute Gasteiger partial charge is 0.306 e. The van der Waals surface area contributed by atoms with Crippen LogP contribution in [-0.4, -0.2) is 40.9 Å². The third-order valence-electron chi connectivity index (χ3n) is 6.00. The zero-order chi connectivity index (χ0) is 26.0. The van der Waals surface area contributed by atoms with Gasteiger partial charge >= 0.3 is 5.84 Å². The van der Waals surface area contributed by atoms with Gasteiger partial charge < -0.3 is 9.73 Å². The molecular formula is C26H25FN6O3S. The highest BCUT2D eigenvalue weighted by atomic mass is 32.2. The van der Waals surface area contributed by atoms with Crippen LogP contribution in [0.25, 0.3) is 28.5 Å². The van der Waals surface area contributed by atoms with Gasteiger partial charge in [0.05, 0.1) is 10.6 Å². The first-order chi connectivity index (χ1) is 17.8. The Bertz CT molecular complexity index is 1660. The fourth-order valence-corrected chi connectivity index (χ4v) is 5.03. The van der Waals surface area contributed by atoms with E-state index in [0.29, 0.717) is 41.8 Å². The van der Waals surface area contributed by atoms with E-state index in [1.807, 2.05) is 13.8 Å². The van der Waals surface area contributed by atoms with Gasteiger partial charge in [0.2, 0.25) is 16.0 Å². The molecule has 0 saturated carbocycles. The first-order valence-corrected chi connectivity index (χ1v) is 13.2. The predicted octanol–water partition coefficient (Wildman–Crippen LogP) is 4.59. The monoisotopic (exact) mass is 520 g/mol. The molecule has 0 aliphatic carbocycles. The van der Waals surface area contributed by atoms with Crippen LogP contribution in [0.5, 0.6) is 0 Å². The Morgan fingerprint density at radius 2 is 1.81 bits per heavy atom. The molecule has 5 aromatic rings. The second-order valence-corrected chi connectivity index (χ2v) is 10.3. The van der Waals surface area contributed by atoms with Gasteiger partial charge in [-0.1, -0.05) is 6.07 Å². The minimum absolute atomic E-state index is 0.253. The Morgan fingerprint density at radius 3 is 2.59 bits per heavy atom. The van der Waals surface area contributed by atoms with Crippen LogP contribution >= 0.6 is 0 Å². The van der Waals surface area contributed by atoms with E-state index in [-0.39, 0.29) is 17.3 Å². The molecule has 2 aromatic carbocycles. The maximum absolute atomic E-state index is 13.5. The number of rotatable bonds is 9. The van der Waals surface area contributed by atoms with Crippen LogP contribution in [-0.2, 0) is 10.0 Å². The van der Waals surface area contributed by atoms with Crippen LogP contribution in [0, 0.1) is 19.7 Å². The highest BCUT2D eigenvalue weighted by Gasteiger charge is 2.19. The van der Waals surface area contributed by atoms with E-state index in [4.69, 9.17) is 4.42 Å². The quantitative estimate of drug-likeness (QED) is 0.273. The molecule has 11 heteroatoms. The molecule has 37 heavy (non-hydrogen) atoms. The SMILES string of the molecule is Cc1ccc(S(=O)(=O)NCCCNc2nccc(-c3c(-c4ccc(F)cc4)nc4occn34)n2)cc1C. The number of fused-ring (bicyclic) bond motifs is 1. The highest BCUT2D eigenvalue weighted by Crippen LogP contribution is 2.32. The maximum Gasteiger partial charge on any atom is 0.306 e. The van der Waals surface area contributed by atoms with Crippen LogP contribution in [0.15, 0.2) is 76.5 Å². The van der Waals surface area contributed by atoms with Gasteiger partial charge in [-0.2, -0.15) is 4.98 Å². The normalized spacial score (nSPS) is 11.8.